The Bertz CT molecular complexity index is 411. The van der Waals surface area contributed by atoms with Gasteiger partial charge in [0.15, 0.2) is 0 Å². The van der Waals surface area contributed by atoms with Crippen LogP contribution < -0.4 is 10.9 Å². The van der Waals surface area contributed by atoms with Gasteiger partial charge in [0.2, 0.25) is 0 Å². The third-order valence-electron chi connectivity index (χ3n) is 0.973. The average molecular weight is 224 g/mol. The Labute approximate surface area is 77.2 Å². The normalized spacial score (nSPS) is 18.1. The number of hydrogen-bond donors (Lipinski definition) is 2. The van der Waals surface area contributed by atoms with E-state index in [1.54, 1.807) is 0 Å². The molecular formula is C3H4N4O6S. The highest BCUT2D eigenvalue weighted by molar-refractivity contribution is 7.87. The number of nitrogens with zero attached hydrogens (tertiary/aromatic N) is 2. The minimum atomic E-state index is -4.45. The van der Waals surface area contributed by atoms with Crippen molar-refractivity contribution in [2.45, 2.75) is 0 Å². The first-order valence-corrected chi connectivity index (χ1v) is 4.42. The molecule has 0 unspecified atom stereocenters. The van der Waals surface area contributed by atoms with Gasteiger partial charge in [-0.2, -0.15) is 8.42 Å². The van der Waals surface area contributed by atoms with E-state index < -0.39 is 28.1 Å². The third-order valence-corrected chi connectivity index (χ3v) is 1.70. The van der Waals surface area contributed by atoms with E-state index in [0.29, 0.717) is 0 Å². The van der Waals surface area contributed by atoms with Crippen molar-refractivity contribution in [1.29, 1.82) is 0 Å². The maximum Gasteiger partial charge on any atom is 0.445 e. The highest BCUT2D eigenvalue weighted by Gasteiger charge is 2.33. The van der Waals surface area contributed by atoms with Crippen LogP contribution in [-0.4, -0.2) is 30.8 Å². The van der Waals surface area contributed by atoms with E-state index in [1.807, 2.05) is 0 Å². The molecule has 0 bridgehead atoms. The standard InChI is InChI=1S/C3H4N4O6S/c4-3-6-12-1(8)2(9)13-7(3)14(5,10)11/h(H2,4,6)(H2,5,10,11). The van der Waals surface area contributed by atoms with Gasteiger partial charge in [-0.15, -0.1) is 0 Å². The van der Waals surface area contributed by atoms with Crippen LogP contribution >= 0.6 is 0 Å². The van der Waals surface area contributed by atoms with Crippen LogP contribution in [0.4, 0.5) is 0 Å². The molecule has 78 valence electrons. The van der Waals surface area contributed by atoms with Gasteiger partial charge in [0.05, 0.1) is 0 Å². The first kappa shape index (κ1) is 10.2. The van der Waals surface area contributed by atoms with Crippen LogP contribution in [0.3, 0.4) is 0 Å². The van der Waals surface area contributed by atoms with Gasteiger partial charge >= 0.3 is 22.1 Å². The zero-order valence-electron chi connectivity index (χ0n) is 6.41. The molecule has 0 aromatic carbocycles. The Morgan fingerprint density at radius 2 is 1.86 bits per heavy atom. The molecule has 4 N–H and O–H groups in total. The summed E-state index contributed by atoms with van der Waals surface area (Å²) in [4.78, 5) is 28.9. The SMILES string of the molecule is NC1=NOC(=O)C(=O)ON1S(N)(=O)=O. The Morgan fingerprint density at radius 1 is 1.29 bits per heavy atom. The quantitative estimate of drug-likeness (QED) is 0.349. The van der Waals surface area contributed by atoms with E-state index in [0.717, 1.165) is 0 Å². The molecular weight excluding hydrogens is 220 g/mol. The predicted octanol–water partition coefficient (Wildman–Crippen LogP) is -3.26. The predicted molar refractivity (Wildman–Crippen MR) is 38.8 cm³/mol. The molecule has 0 aromatic rings. The molecule has 1 heterocycles. The van der Waals surface area contributed by atoms with E-state index in [2.05, 4.69) is 20.0 Å². The van der Waals surface area contributed by atoms with Gasteiger partial charge in [0.25, 0.3) is 5.96 Å². The Hall–Kier alpha value is -1.88. The number of carbonyl (C=O) groups is 2. The Balaban J connectivity index is 3.09. The topological polar surface area (TPSA) is 154 Å². The van der Waals surface area contributed by atoms with Gasteiger partial charge in [-0.05, 0) is 9.62 Å². The van der Waals surface area contributed by atoms with Gasteiger partial charge in [0, 0.05) is 0 Å². The largest absolute Gasteiger partial charge is 0.445 e. The Morgan fingerprint density at radius 3 is 2.36 bits per heavy atom. The zero-order valence-corrected chi connectivity index (χ0v) is 7.22. The number of carbonyl (C=O) groups excluding carboxylic acids is 2. The third kappa shape index (κ3) is 1.89. The summed E-state index contributed by atoms with van der Waals surface area (Å²) in [6.45, 7) is 0. The van der Waals surface area contributed by atoms with Gasteiger partial charge in [-0.1, -0.05) is 0 Å². The summed E-state index contributed by atoms with van der Waals surface area (Å²) in [6, 6.07) is 0. The minimum Gasteiger partial charge on any atom is -0.364 e. The van der Waals surface area contributed by atoms with Crippen LogP contribution in [0.2, 0.25) is 0 Å². The number of rotatable bonds is 1. The van der Waals surface area contributed by atoms with Gasteiger partial charge in [-0.3, -0.25) is 0 Å². The van der Waals surface area contributed by atoms with Crippen molar-refractivity contribution in [2.24, 2.45) is 16.0 Å². The second-order valence-corrected chi connectivity index (χ2v) is 3.34. The molecule has 1 aliphatic heterocycles. The molecule has 0 radical (unpaired) electrons. The second-order valence-electron chi connectivity index (χ2n) is 1.98. The number of hydrogen-bond acceptors (Lipinski definition) is 8. The molecule has 1 aliphatic rings. The van der Waals surface area contributed by atoms with Crippen molar-refractivity contribution in [3.63, 3.8) is 0 Å². The lowest BCUT2D eigenvalue weighted by Gasteiger charge is -2.13. The van der Waals surface area contributed by atoms with Crippen LogP contribution in [0.15, 0.2) is 5.16 Å². The molecule has 0 amide bonds. The zero-order chi connectivity index (χ0) is 10.9. The molecule has 10 nitrogen and oxygen atoms in total. The molecule has 0 atom stereocenters. The first-order chi connectivity index (χ1) is 6.32. The smallest absolute Gasteiger partial charge is 0.364 e. The summed E-state index contributed by atoms with van der Waals surface area (Å²) in [5.74, 6) is -4.02. The average Bonchev–Trinajstić information content (AvgIpc) is 2.17. The molecule has 1 rings (SSSR count). The fourth-order valence-corrected chi connectivity index (χ4v) is 0.966. The van der Waals surface area contributed by atoms with Gasteiger partial charge < -0.3 is 15.4 Å². The van der Waals surface area contributed by atoms with Crippen molar-refractivity contribution in [3.8, 4) is 0 Å². The van der Waals surface area contributed by atoms with Crippen molar-refractivity contribution in [3.05, 3.63) is 0 Å². The van der Waals surface area contributed by atoms with Crippen LogP contribution in [0.25, 0.3) is 0 Å². The van der Waals surface area contributed by atoms with Gasteiger partial charge in [0.1, 0.15) is 0 Å². The monoisotopic (exact) mass is 224 g/mol. The Kier molecular flexibility index (Phi) is 2.27. The maximum absolute atomic E-state index is 10.7. The summed E-state index contributed by atoms with van der Waals surface area (Å²) in [7, 11) is -4.45. The molecule has 11 heteroatoms. The van der Waals surface area contributed by atoms with Gasteiger partial charge in [-0.25, -0.2) is 14.7 Å². The lowest BCUT2D eigenvalue weighted by Crippen LogP contribution is -2.46. The van der Waals surface area contributed by atoms with Crippen molar-refractivity contribution < 1.29 is 27.7 Å². The number of hydroxylamine groups is 1. The van der Waals surface area contributed by atoms with Crippen molar-refractivity contribution in [1.82, 2.24) is 4.47 Å². The highest BCUT2D eigenvalue weighted by Crippen LogP contribution is 2.02. The molecule has 0 aliphatic carbocycles. The number of oxime groups is 1. The number of guanidine groups is 1. The second kappa shape index (κ2) is 3.12. The molecule has 0 spiro atoms. The van der Waals surface area contributed by atoms with E-state index in [1.165, 1.54) is 0 Å². The molecule has 0 saturated carbocycles. The summed E-state index contributed by atoms with van der Waals surface area (Å²) in [6.07, 6.45) is 0. The summed E-state index contributed by atoms with van der Waals surface area (Å²) < 4.78 is 21.2. The lowest BCUT2D eigenvalue weighted by atomic mass is 10.7. The minimum absolute atomic E-state index is 0.236. The first-order valence-electron chi connectivity index (χ1n) is 2.92. The van der Waals surface area contributed by atoms with E-state index in [9.17, 15) is 18.0 Å². The fourth-order valence-electron chi connectivity index (χ4n) is 0.500. The van der Waals surface area contributed by atoms with E-state index in [-0.39, 0.29) is 4.47 Å². The van der Waals surface area contributed by atoms with Crippen LogP contribution in [0.5, 0.6) is 0 Å². The lowest BCUT2D eigenvalue weighted by molar-refractivity contribution is -0.175. The highest BCUT2D eigenvalue weighted by atomic mass is 32.2. The molecule has 14 heavy (non-hydrogen) atoms. The molecule has 0 fully saturated rings. The summed E-state index contributed by atoms with van der Waals surface area (Å²) in [5, 5.41) is 7.34. The van der Waals surface area contributed by atoms with Crippen LogP contribution in [0.1, 0.15) is 0 Å². The number of nitrogens with two attached hydrogens (primary N) is 2. The van der Waals surface area contributed by atoms with E-state index >= 15 is 0 Å². The van der Waals surface area contributed by atoms with E-state index in [4.69, 9.17) is 5.73 Å². The fraction of sp³-hybridized carbons (Fsp3) is 0. The molecule has 0 aromatic heterocycles. The molecule has 0 saturated heterocycles. The summed E-state index contributed by atoms with van der Waals surface area (Å²) in [5.41, 5.74) is 4.95. The van der Waals surface area contributed by atoms with Crippen molar-refractivity contribution >= 4 is 28.1 Å². The van der Waals surface area contributed by atoms with Crippen molar-refractivity contribution in [2.75, 3.05) is 0 Å². The maximum atomic E-state index is 10.7. The van der Waals surface area contributed by atoms with Crippen LogP contribution in [-0.2, 0) is 29.5 Å². The van der Waals surface area contributed by atoms with Crippen LogP contribution in [0, 0.1) is 0 Å². The summed E-state index contributed by atoms with van der Waals surface area (Å²) >= 11 is 0.